The van der Waals surface area contributed by atoms with E-state index in [9.17, 15) is 4.79 Å². The third-order valence-corrected chi connectivity index (χ3v) is 5.37. The van der Waals surface area contributed by atoms with Gasteiger partial charge in [-0.2, -0.15) is 0 Å². The largest absolute Gasteiger partial charge is 0.298 e. The fourth-order valence-corrected chi connectivity index (χ4v) is 4.51. The van der Waals surface area contributed by atoms with Crippen molar-refractivity contribution in [1.29, 1.82) is 0 Å². The van der Waals surface area contributed by atoms with Gasteiger partial charge in [-0.3, -0.25) is 9.69 Å². The standard InChI is InChI=1S/C13H21NO/c1-10(15)11-7-13(9-14(11)2)8-12(13)5-3-4-6-12/h11H,3-9H2,1-2H3/t11-,13-/m0/s1. The van der Waals surface area contributed by atoms with Crippen molar-refractivity contribution in [2.45, 2.75) is 51.5 Å². The molecule has 0 unspecified atom stereocenters. The van der Waals surface area contributed by atoms with Gasteiger partial charge < -0.3 is 0 Å². The Morgan fingerprint density at radius 2 is 1.93 bits per heavy atom. The zero-order chi connectivity index (χ0) is 10.7. The summed E-state index contributed by atoms with van der Waals surface area (Å²) in [7, 11) is 2.13. The SMILES string of the molecule is CC(=O)[C@@H]1C[C@@]2(CN1C)CC21CCCC1. The topological polar surface area (TPSA) is 20.3 Å². The van der Waals surface area contributed by atoms with Crippen LogP contribution in [0, 0.1) is 10.8 Å². The van der Waals surface area contributed by atoms with Gasteiger partial charge in [0.1, 0.15) is 5.78 Å². The lowest BCUT2D eigenvalue weighted by molar-refractivity contribution is -0.120. The number of hydrogen-bond donors (Lipinski definition) is 0. The highest BCUT2D eigenvalue weighted by Gasteiger charge is 2.70. The van der Waals surface area contributed by atoms with E-state index < -0.39 is 0 Å². The summed E-state index contributed by atoms with van der Waals surface area (Å²) in [4.78, 5) is 13.8. The average molecular weight is 207 g/mol. The van der Waals surface area contributed by atoms with Crippen LogP contribution in [0.4, 0.5) is 0 Å². The molecule has 0 aromatic heterocycles. The molecule has 84 valence electrons. The number of likely N-dealkylation sites (tertiary alicyclic amines) is 1. The molecular formula is C13H21NO. The first-order valence-corrected chi connectivity index (χ1v) is 6.29. The molecule has 0 radical (unpaired) electrons. The van der Waals surface area contributed by atoms with Crippen molar-refractivity contribution in [1.82, 2.24) is 4.90 Å². The Morgan fingerprint density at radius 1 is 1.27 bits per heavy atom. The highest BCUT2D eigenvalue weighted by molar-refractivity contribution is 5.82. The fraction of sp³-hybridized carbons (Fsp3) is 0.923. The van der Waals surface area contributed by atoms with Crippen LogP contribution in [-0.4, -0.2) is 30.3 Å². The fourth-order valence-electron chi connectivity index (χ4n) is 4.51. The maximum Gasteiger partial charge on any atom is 0.146 e. The second-order valence-corrected chi connectivity index (χ2v) is 6.19. The van der Waals surface area contributed by atoms with E-state index in [-0.39, 0.29) is 6.04 Å². The third kappa shape index (κ3) is 1.17. The quantitative estimate of drug-likeness (QED) is 0.657. The molecule has 0 bridgehead atoms. The van der Waals surface area contributed by atoms with E-state index in [4.69, 9.17) is 0 Å². The van der Waals surface area contributed by atoms with Gasteiger partial charge in [-0.15, -0.1) is 0 Å². The highest BCUT2D eigenvalue weighted by atomic mass is 16.1. The van der Waals surface area contributed by atoms with E-state index in [0.717, 1.165) is 6.42 Å². The summed E-state index contributed by atoms with van der Waals surface area (Å²) in [6.07, 6.45) is 8.29. The number of Topliss-reactive ketones (excluding diaryl/α,β-unsaturated/α-hetero) is 1. The smallest absolute Gasteiger partial charge is 0.146 e. The average Bonchev–Trinajstić information content (AvgIpc) is 2.53. The maximum absolute atomic E-state index is 11.5. The third-order valence-electron chi connectivity index (χ3n) is 5.37. The van der Waals surface area contributed by atoms with Gasteiger partial charge in [-0.1, -0.05) is 12.8 Å². The van der Waals surface area contributed by atoms with Crippen molar-refractivity contribution in [2.75, 3.05) is 13.6 Å². The van der Waals surface area contributed by atoms with Crippen LogP contribution in [0.1, 0.15) is 45.4 Å². The monoisotopic (exact) mass is 207 g/mol. The predicted octanol–water partition coefficient (Wildman–Crippen LogP) is 2.23. The molecule has 2 aliphatic carbocycles. The molecule has 3 fully saturated rings. The lowest BCUT2D eigenvalue weighted by atomic mass is 9.88. The number of hydrogen-bond acceptors (Lipinski definition) is 2. The molecular weight excluding hydrogens is 186 g/mol. The van der Waals surface area contributed by atoms with Crippen molar-refractivity contribution < 1.29 is 4.79 Å². The van der Waals surface area contributed by atoms with Gasteiger partial charge in [-0.05, 0) is 50.5 Å². The molecule has 1 saturated heterocycles. The lowest BCUT2D eigenvalue weighted by Gasteiger charge is -2.16. The normalized spacial score (nSPS) is 42.9. The Bertz CT molecular complexity index is 306. The van der Waals surface area contributed by atoms with Gasteiger partial charge in [0.15, 0.2) is 0 Å². The Kier molecular flexibility index (Phi) is 1.87. The van der Waals surface area contributed by atoms with Gasteiger partial charge in [-0.25, -0.2) is 0 Å². The Balaban J connectivity index is 1.79. The zero-order valence-corrected chi connectivity index (χ0v) is 9.88. The highest BCUT2D eigenvalue weighted by Crippen LogP contribution is 2.75. The Morgan fingerprint density at radius 3 is 2.47 bits per heavy atom. The molecule has 3 rings (SSSR count). The van der Waals surface area contributed by atoms with E-state index in [2.05, 4.69) is 11.9 Å². The predicted molar refractivity (Wildman–Crippen MR) is 59.7 cm³/mol. The van der Waals surface area contributed by atoms with E-state index in [1.807, 2.05) is 0 Å². The number of nitrogens with zero attached hydrogens (tertiary/aromatic N) is 1. The molecule has 0 amide bonds. The molecule has 0 aromatic rings. The molecule has 0 aromatic carbocycles. The van der Waals surface area contributed by atoms with Crippen molar-refractivity contribution in [3.63, 3.8) is 0 Å². The first kappa shape index (κ1) is 9.83. The lowest BCUT2D eigenvalue weighted by Crippen LogP contribution is -2.30. The number of carbonyl (C=O) groups is 1. The number of carbonyl (C=O) groups excluding carboxylic acids is 1. The van der Waals surface area contributed by atoms with E-state index in [0.29, 0.717) is 16.6 Å². The summed E-state index contributed by atoms with van der Waals surface area (Å²) in [5.41, 5.74) is 1.22. The number of rotatable bonds is 1. The molecule has 2 nitrogen and oxygen atoms in total. The zero-order valence-electron chi connectivity index (χ0n) is 9.88. The van der Waals surface area contributed by atoms with Crippen molar-refractivity contribution in [2.24, 2.45) is 10.8 Å². The molecule has 2 spiro atoms. The molecule has 2 heteroatoms. The molecule has 1 aliphatic heterocycles. The maximum atomic E-state index is 11.5. The summed E-state index contributed by atoms with van der Waals surface area (Å²) in [6, 6.07) is 0.227. The minimum Gasteiger partial charge on any atom is -0.298 e. The van der Waals surface area contributed by atoms with Crippen LogP contribution < -0.4 is 0 Å². The van der Waals surface area contributed by atoms with Crippen LogP contribution >= 0.6 is 0 Å². The minimum atomic E-state index is 0.227. The second kappa shape index (κ2) is 2.85. The van der Waals surface area contributed by atoms with Gasteiger partial charge >= 0.3 is 0 Å². The van der Waals surface area contributed by atoms with Gasteiger partial charge in [0.05, 0.1) is 6.04 Å². The molecule has 3 aliphatic rings. The van der Waals surface area contributed by atoms with Gasteiger partial charge in [0.2, 0.25) is 0 Å². The van der Waals surface area contributed by atoms with Crippen molar-refractivity contribution in [3.05, 3.63) is 0 Å². The number of fused-ring (bicyclic) bond motifs is 1. The van der Waals surface area contributed by atoms with Crippen LogP contribution in [0.3, 0.4) is 0 Å². The van der Waals surface area contributed by atoms with E-state index >= 15 is 0 Å². The number of likely N-dealkylation sites (N-methyl/N-ethyl adjacent to an activating group) is 1. The summed E-state index contributed by atoms with van der Waals surface area (Å²) in [5.74, 6) is 0.370. The summed E-state index contributed by atoms with van der Waals surface area (Å²) < 4.78 is 0. The Labute approximate surface area is 92.0 Å². The van der Waals surface area contributed by atoms with Crippen LogP contribution in [-0.2, 0) is 4.79 Å². The van der Waals surface area contributed by atoms with Crippen LogP contribution in [0.2, 0.25) is 0 Å². The second-order valence-electron chi connectivity index (χ2n) is 6.19. The van der Waals surface area contributed by atoms with Gasteiger partial charge in [0.25, 0.3) is 0 Å². The van der Waals surface area contributed by atoms with Gasteiger partial charge in [0, 0.05) is 6.54 Å². The molecule has 2 saturated carbocycles. The molecule has 0 N–H and O–H groups in total. The summed E-state index contributed by atoms with van der Waals surface area (Å²) in [5, 5.41) is 0. The van der Waals surface area contributed by atoms with E-state index in [1.54, 1.807) is 6.92 Å². The molecule has 15 heavy (non-hydrogen) atoms. The summed E-state index contributed by atoms with van der Waals surface area (Å²) in [6.45, 7) is 2.93. The van der Waals surface area contributed by atoms with E-state index in [1.165, 1.54) is 38.6 Å². The molecule has 2 atom stereocenters. The molecule has 1 heterocycles. The first-order chi connectivity index (χ1) is 7.09. The summed E-state index contributed by atoms with van der Waals surface area (Å²) >= 11 is 0. The Hall–Kier alpha value is -0.370. The van der Waals surface area contributed by atoms with Crippen LogP contribution in [0.15, 0.2) is 0 Å². The van der Waals surface area contributed by atoms with Crippen molar-refractivity contribution in [3.8, 4) is 0 Å². The minimum absolute atomic E-state index is 0.227. The van der Waals surface area contributed by atoms with Crippen LogP contribution in [0.25, 0.3) is 0 Å². The number of ketones is 1. The van der Waals surface area contributed by atoms with Crippen molar-refractivity contribution >= 4 is 5.78 Å². The first-order valence-electron chi connectivity index (χ1n) is 6.29. The van der Waals surface area contributed by atoms with Crippen LogP contribution in [0.5, 0.6) is 0 Å².